The highest BCUT2D eigenvalue weighted by Gasteiger charge is 2.14. The Bertz CT molecular complexity index is 1120. The number of methoxy groups -OCH3 is 2. The summed E-state index contributed by atoms with van der Waals surface area (Å²) in [5.74, 6) is 2.39. The third kappa shape index (κ3) is 4.27. The van der Waals surface area contributed by atoms with Crippen molar-refractivity contribution in [3.05, 3.63) is 72.7 Å². The van der Waals surface area contributed by atoms with E-state index in [2.05, 4.69) is 25.7 Å². The van der Waals surface area contributed by atoms with Crippen LogP contribution in [0.1, 0.15) is 5.76 Å². The molecular weight excluding hydrogens is 382 g/mol. The van der Waals surface area contributed by atoms with E-state index >= 15 is 0 Å². The van der Waals surface area contributed by atoms with Crippen LogP contribution in [0.25, 0.3) is 22.5 Å². The van der Waals surface area contributed by atoms with Crippen LogP contribution >= 0.6 is 0 Å². The van der Waals surface area contributed by atoms with Crippen LogP contribution in [0.2, 0.25) is 0 Å². The van der Waals surface area contributed by atoms with E-state index < -0.39 is 0 Å². The summed E-state index contributed by atoms with van der Waals surface area (Å²) in [6.07, 6.45) is 3.11. The standard InChI is InChI=1S/C22H19N5O3/c1-28-17-9-5-15(6-10-17)20-21(16-7-11-18(29-2)12-8-16)25-27-22(24-20)26-23-14-19-4-3-13-30-19/h3-14H,1-2H3,(H,24,26,27)/b23-14+. The van der Waals surface area contributed by atoms with Gasteiger partial charge in [-0.25, -0.2) is 10.4 Å². The number of anilines is 1. The molecule has 0 atom stereocenters. The lowest BCUT2D eigenvalue weighted by molar-refractivity contribution is 0.414. The lowest BCUT2D eigenvalue weighted by atomic mass is 10.0. The van der Waals surface area contributed by atoms with Crippen LogP contribution in [0.3, 0.4) is 0 Å². The predicted molar refractivity (Wildman–Crippen MR) is 114 cm³/mol. The van der Waals surface area contributed by atoms with Gasteiger partial charge in [0.15, 0.2) is 0 Å². The SMILES string of the molecule is COc1ccc(-c2nnc(N/N=C/c3ccco3)nc2-c2ccc(OC)cc2)cc1. The molecule has 0 spiro atoms. The summed E-state index contributed by atoms with van der Waals surface area (Å²) in [5, 5.41) is 12.7. The maximum absolute atomic E-state index is 5.26. The van der Waals surface area contributed by atoms with Gasteiger partial charge in [0.2, 0.25) is 0 Å². The molecule has 2 heterocycles. The van der Waals surface area contributed by atoms with Crippen LogP contribution in [0.4, 0.5) is 5.95 Å². The number of aromatic nitrogens is 3. The van der Waals surface area contributed by atoms with Crippen molar-refractivity contribution in [2.75, 3.05) is 19.6 Å². The highest BCUT2D eigenvalue weighted by atomic mass is 16.5. The molecule has 0 fully saturated rings. The molecule has 8 nitrogen and oxygen atoms in total. The van der Waals surface area contributed by atoms with Gasteiger partial charge in [-0.2, -0.15) is 5.10 Å². The number of hydrogen-bond acceptors (Lipinski definition) is 8. The van der Waals surface area contributed by atoms with E-state index in [0.717, 1.165) is 22.6 Å². The zero-order valence-corrected chi connectivity index (χ0v) is 16.4. The summed E-state index contributed by atoms with van der Waals surface area (Å²) in [7, 11) is 3.26. The summed E-state index contributed by atoms with van der Waals surface area (Å²) in [6.45, 7) is 0. The number of rotatable bonds is 7. The Morgan fingerprint density at radius 1 is 0.833 bits per heavy atom. The third-order valence-corrected chi connectivity index (χ3v) is 4.31. The first-order valence-electron chi connectivity index (χ1n) is 9.13. The molecule has 8 heteroatoms. The molecule has 4 aromatic rings. The van der Waals surface area contributed by atoms with Crippen molar-refractivity contribution in [1.82, 2.24) is 15.2 Å². The fourth-order valence-corrected chi connectivity index (χ4v) is 2.79. The summed E-state index contributed by atoms with van der Waals surface area (Å²) in [4.78, 5) is 4.64. The molecule has 4 rings (SSSR count). The smallest absolute Gasteiger partial charge is 0.263 e. The molecule has 0 amide bonds. The number of nitrogens with zero attached hydrogens (tertiary/aromatic N) is 4. The van der Waals surface area contributed by atoms with Gasteiger partial charge < -0.3 is 13.9 Å². The number of furan rings is 1. The van der Waals surface area contributed by atoms with Gasteiger partial charge in [-0.15, -0.1) is 10.2 Å². The fraction of sp³-hybridized carbons (Fsp3) is 0.0909. The number of nitrogens with one attached hydrogen (secondary N) is 1. The van der Waals surface area contributed by atoms with E-state index in [1.165, 1.54) is 6.21 Å². The Hall–Kier alpha value is -4.20. The van der Waals surface area contributed by atoms with Crippen LogP contribution in [-0.2, 0) is 0 Å². The third-order valence-electron chi connectivity index (χ3n) is 4.31. The monoisotopic (exact) mass is 401 g/mol. The van der Waals surface area contributed by atoms with Crippen LogP contribution in [0.15, 0.2) is 76.4 Å². The normalized spacial score (nSPS) is 10.9. The van der Waals surface area contributed by atoms with Crippen LogP contribution in [-0.4, -0.2) is 35.6 Å². The molecule has 0 saturated carbocycles. The predicted octanol–water partition coefficient (Wildman–Crippen LogP) is 4.26. The van der Waals surface area contributed by atoms with Crippen molar-refractivity contribution in [1.29, 1.82) is 0 Å². The minimum Gasteiger partial charge on any atom is -0.497 e. The molecule has 0 aliphatic rings. The van der Waals surface area contributed by atoms with Gasteiger partial charge in [-0.3, -0.25) is 0 Å². The molecule has 2 aromatic carbocycles. The molecule has 0 bridgehead atoms. The molecule has 0 unspecified atom stereocenters. The fourth-order valence-electron chi connectivity index (χ4n) is 2.79. The number of benzene rings is 2. The number of ether oxygens (including phenoxy) is 2. The zero-order valence-electron chi connectivity index (χ0n) is 16.4. The molecule has 0 radical (unpaired) electrons. The van der Waals surface area contributed by atoms with E-state index in [9.17, 15) is 0 Å². The second-order valence-corrected chi connectivity index (χ2v) is 6.18. The lowest BCUT2D eigenvalue weighted by Crippen LogP contribution is -2.03. The van der Waals surface area contributed by atoms with Gasteiger partial charge >= 0.3 is 0 Å². The average Bonchev–Trinajstić information content (AvgIpc) is 3.33. The van der Waals surface area contributed by atoms with Crippen molar-refractivity contribution in [3.8, 4) is 34.0 Å². The van der Waals surface area contributed by atoms with Crippen molar-refractivity contribution in [2.45, 2.75) is 0 Å². The Morgan fingerprint density at radius 2 is 1.47 bits per heavy atom. The van der Waals surface area contributed by atoms with Gasteiger partial charge in [-0.1, -0.05) is 0 Å². The van der Waals surface area contributed by atoms with Gasteiger partial charge in [0, 0.05) is 11.1 Å². The lowest BCUT2D eigenvalue weighted by Gasteiger charge is -2.10. The highest BCUT2D eigenvalue weighted by molar-refractivity contribution is 5.79. The van der Waals surface area contributed by atoms with Crippen molar-refractivity contribution in [2.24, 2.45) is 5.10 Å². The Kier molecular flexibility index (Phi) is 5.66. The van der Waals surface area contributed by atoms with Gasteiger partial charge in [0.1, 0.15) is 28.6 Å². The molecular formula is C22H19N5O3. The molecule has 30 heavy (non-hydrogen) atoms. The van der Waals surface area contributed by atoms with E-state index in [1.807, 2.05) is 48.5 Å². The maximum atomic E-state index is 5.26. The van der Waals surface area contributed by atoms with E-state index in [4.69, 9.17) is 13.9 Å². The van der Waals surface area contributed by atoms with E-state index in [1.54, 1.807) is 32.6 Å². The van der Waals surface area contributed by atoms with Crippen molar-refractivity contribution in [3.63, 3.8) is 0 Å². The van der Waals surface area contributed by atoms with Crippen LogP contribution in [0.5, 0.6) is 11.5 Å². The van der Waals surface area contributed by atoms with Crippen molar-refractivity contribution >= 4 is 12.2 Å². The summed E-state index contributed by atoms with van der Waals surface area (Å²) in [5.41, 5.74) is 5.83. The molecule has 1 N–H and O–H groups in total. The Balaban J connectivity index is 1.70. The van der Waals surface area contributed by atoms with Crippen LogP contribution < -0.4 is 14.9 Å². The number of hydrogen-bond donors (Lipinski definition) is 1. The zero-order chi connectivity index (χ0) is 20.8. The van der Waals surface area contributed by atoms with Crippen LogP contribution in [0, 0.1) is 0 Å². The van der Waals surface area contributed by atoms with E-state index in [0.29, 0.717) is 17.1 Å². The average molecular weight is 401 g/mol. The molecule has 2 aromatic heterocycles. The molecule has 0 aliphatic carbocycles. The Labute approximate surface area is 173 Å². The summed E-state index contributed by atoms with van der Waals surface area (Å²) in [6, 6.07) is 18.7. The first-order chi connectivity index (χ1) is 14.8. The second kappa shape index (κ2) is 8.87. The van der Waals surface area contributed by atoms with Gasteiger partial charge in [-0.05, 0) is 60.7 Å². The van der Waals surface area contributed by atoms with Gasteiger partial charge in [0.25, 0.3) is 5.95 Å². The summed E-state index contributed by atoms with van der Waals surface area (Å²) < 4.78 is 15.7. The van der Waals surface area contributed by atoms with E-state index in [-0.39, 0.29) is 5.95 Å². The first-order valence-corrected chi connectivity index (χ1v) is 9.13. The first kappa shape index (κ1) is 19.1. The quantitative estimate of drug-likeness (QED) is 0.365. The number of hydrazone groups is 1. The molecule has 0 saturated heterocycles. The molecule has 0 aliphatic heterocycles. The van der Waals surface area contributed by atoms with Crippen molar-refractivity contribution < 1.29 is 13.9 Å². The largest absolute Gasteiger partial charge is 0.497 e. The second-order valence-electron chi connectivity index (χ2n) is 6.18. The topological polar surface area (TPSA) is 94.7 Å². The highest BCUT2D eigenvalue weighted by Crippen LogP contribution is 2.31. The minimum atomic E-state index is 0.265. The van der Waals surface area contributed by atoms with Gasteiger partial charge in [0.05, 0.1) is 26.7 Å². The summed E-state index contributed by atoms with van der Waals surface area (Å²) >= 11 is 0. The maximum Gasteiger partial charge on any atom is 0.263 e. The Morgan fingerprint density at radius 3 is 2.03 bits per heavy atom. The molecule has 150 valence electrons. The minimum absolute atomic E-state index is 0.265.